The van der Waals surface area contributed by atoms with E-state index in [2.05, 4.69) is 36.1 Å². The largest absolute Gasteiger partial charge is 0.396 e. The molecule has 4 heteroatoms. The second kappa shape index (κ2) is 7.90. The summed E-state index contributed by atoms with van der Waals surface area (Å²) in [7, 11) is 0. The molecule has 1 fully saturated rings. The molecule has 0 amide bonds. The molecule has 0 aliphatic carbocycles. The average molecular weight is 377 g/mol. The minimum atomic E-state index is -0.190. The molecule has 2 N–H and O–H groups in total. The van der Waals surface area contributed by atoms with Crippen LogP contribution in [0, 0.1) is 12.3 Å². The van der Waals surface area contributed by atoms with Crippen LogP contribution in [0.3, 0.4) is 0 Å². The van der Waals surface area contributed by atoms with Crippen LogP contribution in [0.5, 0.6) is 0 Å². The molecule has 4 rings (SSSR count). The molecule has 0 radical (unpaired) electrons. The normalized spacial score (nSPS) is 19.9. The maximum Gasteiger partial charge on any atom is 0.134 e. The third kappa shape index (κ3) is 3.62. The molecule has 1 saturated heterocycles. The van der Waals surface area contributed by atoms with Crippen molar-refractivity contribution in [2.24, 2.45) is 5.41 Å². The van der Waals surface area contributed by atoms with Gasteiger partial charge in [-0.15, -0.1) is 0 Å². The number of hydrogen-bond acceptors (Lipinski definition) is 4. The van der Waals surface area contributed by atoms with Gasteiger partial charge in [0.05, 0.1) is 18.7 Å². The van der Waals surface area contributed by atoms with E-state index in [0.29, 0.717) is 0 Å². The Kier molecular flexibility index (Phi) is 5.33. The Morgan fingerprint density at radius 1 is 1.04 bits per heavy atom. The lowest BCUT2D eigenvalue weighted by Gasteiger charge is -2.43. The van der Waals surface area contributed by atoms with Crippen LogP contribution < -0.4 is 4.90 Å². The fraction of sp³-hybridized carbons (Fsp3) is 0.375. The number of anilines is 1. The molecule has 3 aromatic rings. The van der Waals surface area contributed by atoms with Crippen LogP contribution in [0.2, 0.25) is 0 Å². The molecule has 1 atom stereocenters. The van der Waals surface area contributed by atoms with E-state index in [1.54, 1.807) is 0 Å². The Hall–Kier alpha value is -2.43. The number of aryl methyl sites for hydroxylation is 1. The maximum atomic E-state index is 10.4. The number of aromatic nitrogens is 1. The van der Waals surface area contributed by atoms with Crippen molar-refractivity contribution in [2.75, 3.05) is 24.6 Å². The summed E-state index contributed by atoms with van der Waals surface area (Å²) in [6, 6.07) is 18.5. The van der Waals surface area contributed by atoms with Gasteiger partial charge in [0.2, 0.25) is 0 Å². The van der Waals surface area contributed by atoms with Crippen molar-refractivity contribution in [2.45, 2.75) is 32.8 Å². The van der Waals surface area contributed by atoms with E-state index in [1.165, 1.54) is 11.1 Å². The molecule has 4 nitrogen and oxygen atoms in total. The molecule has 28 heavy (non-hydrogen) atoms. The van der Waals surface area contributed by atoms with Crippen molar-refractivity contribution >= 4 is 16.7 Å². The molecule has 0 saturated carbocycles. The van der Waals surface area contributed by atoms with Crippen molar-refractivity contribution in [3.05, 3.63) is 71.3 Å². The van der Waals surface area contributed by atoms with Gasteiger partial charge in [-0.1, -0.05) is 42.5 Å². The molecule has 2 aromatic carbocycles. The smallest absolute Gasteiger partial charge is 0.134 e. The Balaban J connectivity index is 1.67. The third-order valence-electron chi connectivity index (χ3n) is 6.07. The number of rotatable bonds is 5. The number of hydrogen-bond donors (Lipinski definition) is 2. The first-order chi connectivity index (χ1) is 13.6. The summed E-state index contributed by atoms with van der Waals surface area (Å²) in [6.45, 7) is 3.90. The Morgan fingerprint density at radius 2 is 1.82 bits per heavy atom. The SMILES string of the molecule is Cc1ccccc1C[C@]1(CO)CCCN(c2nc3ccccc3cc2CO)C1. The van der Waals surface area contributed by atoms with Crippen molar-refractivity contribution < 1.29 is 10.2 Å². The van der Waals surface area contributed by atoms with Gasteiger partial charge in [0.1, 0.15) is 5.82 Å². The predicted octanol–water partition coefficient (Wildman–Crippen LogP) is 3.86. The highest BCUT2D eigenvalue weighted by molar-refractivity contribution is 5.81. The topological polar surface area (TPSA) is 56.6 Å². The summed E-state index contributed by atoms with van der Waals surface area (Å²) in [5.41, 5.74) is 4.17. The average Bonchev–Trinajstić information content (AvgIpc) is 2.74. The number of nitrogens with zero attached hydrogens (tertiary/aromatic N) is 2. The molecule has 1 aliphatic heterocycles. The maximum absolute atomic E-state index is 10.4. The van der Waals surface area contributed by atoms with Crippen molar-refractivity contribution in [3.8, 4) is 0 Å². The van der Waals surface area contributed by atoms with Gasteiger partial charge in [-0.2, -0.15) is 0 Å². The van der Waals surface area contributed by atoms with Gasteiger partial charge in [0, 0.05) is 29.5 Å². The zero-order chi connectivity index (χ0) is 19.6. The van der Waals surface area contributed by atoms with E-state index >= 15 is 0 Å². The highest BCUT2D eigenvalue weighted by Gasteiger charge is 2.36. The third-order valence-corrected chi connectivity index (χ3v) is 6.07. The van der Waals surface area contributed by atoms with Crippen molar-refractivity contribution in [1.29, 1.82) is 0 Å². The van der Waals surface area contributed by atoms with E-state index in [4.69, 9.17) is 4.98 Å². The van der Waals surface area contributed by atoms with E-state index in [1.807, 2.05) is 30.3 Å². The number of aliphatic hydroxyl groups excluding tert-OH is 2. The number of pyridine rings is 1. The molecule has 0 bridgehead atoms. The molecule has 0 unspecified atom stereocenters. The zero-order valence-electron chi connectivity index (χ0n) is 16.4. The Bertz CT molecular complexity index is 972. The fourth-order valence-corrected chi connectivity index (χ4v) is 4.47. The molecule has 1 aliphatic rings. The molecule has 1 aromatic heterocycles. The van der Waals surface area contributed by atoms with Gasteiger partial charge in [0.25, 0.3) is 0 Å². The molecule has 146 valence electrons. The highest BCUT2D eigenvalue weighted by atomic mass is 16.3. The van der Waals surface area contributed by atoms with E-state index < -0.39 is 0 Å². The van der Waals surface area contributed by atoms with Gasteiger partial charge in [0.15, 0.2) is 0 Å². The minimum Gasteiger partial charge on any atom is -0.396 e. The van der Waals surface area contributed by atoms with Crippen LogP contribution in [-0.2, 0) is 13.0 Å². The number of para-hydroxylation sites is 1. The van der Waals surface area contributed by atoms with Gasteiger partial charge in [-0.3, -0.25) is 0 Å². The van der Waals surface area contributed by atoms with Gasteiger partial charge in [-0.05, 0) is 49.4 Å². The van der Waals surface area contributed by atoms with Crippen molar-refractivity contribution in [3.63, 3.8) is 0 Å². The predicted molar refractivity (Wildman–Crippen MR) is 114 cm³/mol. The van der Waals surface area contributed by atoms with E-state index in [0.717, 1.165) is 54.6 Å². The van der Waals surface area contributed by atoms with Crippen LogP contribution in [0.1, 0.15) is 29.5 Å². The quantitative estimate of drug-likeness (QED) is 0.710. The summed E-state index contributed by atoms with van der Waals surface area (Å²) in [5, 5.41) is 21.4. The van der Waals surface area contributed by atoms with Crippen LogP contribution in [0.15, 0.2) is 54.6 Å². The fourth-order valence-electron chi connectivity index (χ4n) is 4.47. The van der Waals surface area contributed by atoms with Crippen LogP contribution >= 0.6 is 0 Å². The van der Waals surface area contributed by atoms with E-state index in [9.17, 15) is 10.2 Å². The molecule has 2 heterocycles. The second-order valence-corrected chi connectivity index (χ2v) is 8.11. The minimum absolute atomic E-state index is 0.0341. The summed E-state index contributed by atoms with van der Waals surface area (Å²) in [6.07, 6.45) is 2.86. The monoisotopic (exact) mass is 376 g/mol. The Labute approximate surface area is 166 Å². The van der Waals surface area contributed by atoms with Gasteiger partial charge in [-0.25, -0.2) is 4.98 Å². The number of fused-ring (bicyclic) bond motifs is 1. The van der Waals surface area contributed by atoms with Gasteiger partial charge >= 0.3 is 0 Å². The first-order valence-corrected chi connectivity index (χ1v) is 10.0. The molecular formula is C24H28N2O2. The van der Waals surface area contributed by atoms with Gasteiger partial charge < -0.3 is 15.1 Å². The molecular weight excluding hydrogens is 348 g/mol. The summed E-state index contributed by atoms with van der Waals surface area (Å²) >= 11 is 0. The molecule has 0 spiro atoms. The summed E-state index contributed by atoms with van der Waals surface area (Å²) in [4.78, 5) is 7.14. The van der Waals surface area contributed by atoms with Crippen LogP contribution in [0.4, 0.5) is 5.82 Å². The lowest BCUT2D eigenvalue weighted by atomic mass is 9.75. The summed E-state index contributed by atoms with van der Waals surface area (Å²) < 4.78 is 0. The second-order valence-electron chi connectivity index (χ2n) is 8.11. The number of piperidine rings is 1. The lowest BCUT2D eigenvalue weighted by molar-refractivity contribution is 0.105. The zero-order valence-corrected chi connectivity index (χ0v) is 16.4. The van der Waals surface area contributed by atoms with Crippen molar-refractivity contribution in [1.82, 2.24) is 4.98 Å². The standard InChI is InChI=1S/C24H28N2O2/c1-18-7-2-3-9-20(18)14-24(17-28)11-6-12-26(16-24)23-21(15-27)13-19-8-4-5-10-22(19)25-23/h2-5,7-10,13,27-28H,6,11-12,14-17H2,1H3/t24-/m1/s1. The first-order valence-electron chi connectivity index (χ1n) is 10.0. The first kappa shape index (κ1) is 18.9. The lowest BCUT2D eigenvalue weighted by Crippen LogP contribution is -2.47. The Morgan fingerprint density at radius 3 is 2.61 bits per heavy atom. The summed E-state index contributed by atoms with van der Waals surface area (Å²) in [5.74, 6) is 0.850. The van der Waals surface area contributed by atoms with Crippen LogP contribution in [0.25, 0.3) is 10.9 Å². The number of aliphatic hydroxyl groups is 2. The van der Waals surface area contributed by atoms with Crippen LogP contribution in [-0.4, -0.2) is 34.9 Å². The highest BCUT2D eigenvalue weighted by Crippen LogP contribution is 2.37. The van der Waals surface area contributed by atoms with E-state index in [-0.39, 0.29) is 18.6 Å². The number of benzene rings is 2.